The van der Waals surface area contributed by atoms with Crippen LogP contribution in [-0.4, -0.2) is 67.5 Å². The molecule has 9 heteroatoms. The van der Waals surface area contributed by atoms with Gasteiger partial charge in [0.15, 0.2) is 0 Å². The topological polar surface area (TPSA) is 130 Å². The Bertz CT molecular complexity index is 203. The van der Waals surface area contributed by atoms with Crippen molar-refractivity contribution in [1.29, 1.82) is 0 Å². The van der Waals surface area contributed by atoms with Gasteiger partial charge in [-0.3, -0.25) is 0 Å². The second kappa shape index (κ2) is 36.7. The van der Waals surface area contributed by atoms with Gasteiger partial charge in [0.2, 0.25) is 0 Å². The molecule has 124 valence electrons. The Morgan fingerprint density at radius 2 is 1.43 bits per heavy atom. The molecule has 0 spiro atoms. The molecule has 1 aliphatic heterocycles. The van der Waals surface area contributed by atoms with E-state index in [-0.39, 0.29) is 42.8 Å². The Balaban J connectivity index is -0.0000000566. The second-order valence-electron chi connectivity index (χ2n) is 3.25. The largest absolute Gasteiger partial charge is 1.00 e. The molecule has 1 heterocycles. The molecule has 0 amide bonds. The van der Waals surface area contributed by atoms with E-state index in [9.17, 15) is 0 Å². The summed E-state index contributed by atoms with van der Waals surface area (Å²) in [5, 5.41) is 37.5. The Morgan fingerprint density at radius 1 is 1.10 bits per heavy atom. The molecular formula is C12H29N2NaO6. The normalized spacial score (nSPS) is 8.81. The summed E-state index contributed by atoms with van der Waals surface area (Å²) in [4.78, 5) is 4.58. The van der Waals surface area contributed by atoms with E-state index in [1.807, 2.05) is 13.8 Å². The third kappa shape index (κ3) is 103. The van der Waals surface area contributed by atoms with Gasteiger partial charge in [-0.05, 0) is 27.7 Å². The Labute approximate surface area is 149 Å². The van der Waals surface area contributed by atoms with Crippen molar-refractivity contribution in [2.24, 2.45) is 10.3 Å². The van der Waals surface area contributed by atoms with Crippen LogP contribution in [0.3, 0.4) is 0 Å². The van der Waals surface area contributed by atoms with Crippen LogP contribution < -0.4 is 34.7 Å². The minimum absolute atomic E-state index is 0. The molecule has 0 radical (unpaired) electrons. The maximum absolute atomic E-state index is 8.25. The Kier molecular flexibility index (Phi) is 57.1. The van der Waals surface area contributed by atoms with E-state index in [2.05, 4.69) is 19.9 Å². The number of rotatable bonds is 3. The van der Waals surface area contributed by atoms with Crippen LogP contribution in [0.1, 0.15) is 27.7 Å². The van der Waals surface area contributed by atoms with E-state index in [1.54, 1.807) is 13.8 Å². The first-order valence-corrected chi connectivity index (χ1v) is 5.87. The van der Waals surface area contributed by atoms with E-state index in [1.165, 1.54) is 0 Å². The standard InChI is InChI=1S/C5H11NO2.C3H7NO.C2H4O.CH4O.CH3O.Na/c1-5(2)6-8-4-3-7;1-3(2)4-5;1-2-3-1;2*1-2;/h7H,3-4H2,1-2H3;5H,1-2H3;1-2H2;2H,1H3;1H3;/q;;;;-1;+1. The molecule has 1 saturated heterocycles. The number of ether oxygens (including phenoxy) is 1. The first-order valence-electron chi connectivity index (χ1n) is 5.87. The molecule has 0 aromatic heterocycles. The van der Waals surface area contributed by atoms with Gasteiger partial charge < -0.3 is 30.1 Å². The molecular weight excluding hydrogens is 291 g/mol. The van der Waals surface area contributed by atoms with Gasteiger partial charge >= 0.3 is 29.6 Å². The van der Waals surface area contributed by atoms with Gasteiger partial charge in [-0.15, -0.1) is 0 Å². The summed E-state index contributed by atoms with van der Waals surface area (Å²) in [5.41, 5.74) is 1.54. The molecule has 3 N–H and O–H groups in total. The third-order valence-corrected chi connectivity index (χ3v) is 0.834. The van der Waals surface area contributed by atoms with Crippen LogP contribution in [0.15, 0.2) is 10.3 Å². The van der Waals surface area contributed by atoms with Crippen LogP contribution >= 0.6 is 0 Å². The van der Waals surface area contributed by atoms with Crippen molar-refractivity contribution in [3.8, 4) is 0 Å². The van der Waals surface area contributed by atoms with E-state index < -0.39 is 0 Å². The maximum Gasteiger partial charge on any atom is 1.00 e. The average Bonchev–Trinajstić information content (AvgIpc) is 3.32. The van der Waals surface area contributed by atoms with Crippen molar-refractivity contribution in [2.45, 2.75) is 27.7 Å². The fourth-order valence-electron chi connectivity index (χ4n) is 0.216. The smallest absolute Gasteiger partial charge is 0.857 e. The number of nitrogens with zero attached hydrogens (tertiary/aromatic N) is 2. The molecule has 0 bridgehead atoms. The molecule has 0 unspecified atom stereocenters. The van der Waals surface area contributed by atoms with Gasteiger partial charge in [0.05, 0.1) is 31.2 Å². The number of hydrogen-bond donors (Lipinski definition) is 3. The Hall–Kier alpha value is -0.220. The summed E-state index contributed by atoms with van der Waals surface area (Å²) in [5.74, 6) is 0. The van der Waals surface area contributed by atoms with Gasteiger partial charge in [-0.2, -0.15) is 7.11 Å². The fraction of sp³-hybridized carbons (Fsp3) is 0.833. The van der Waals surface area contributed by atoms with Gasteiger partial charge in [-0.1, -0.05) is 10.3 Å². The number of aliphatic hydroxyl groups is 2. The van der Waals surface area contributed by atoms with Crippen molar-refractivity contribution < 1.29 is 59.7 Å². The molecule has 8 nitrogen and oxygen atoms in total. The van der Waals surface area contributed by atoms with Crippen LogP contribution in [0.5, 0.6) is 0 Å². The SMILES string of the molecule is C1CO1.CC(C)=NO.CC(C)=NOCCO.CO.C[O-].[Na+]. The molecule has 1 rings (SSSR count). The van der Waals surface area contributed by atoms with Gasteiger partial charge in [-0.25, -0.2) is 0 Å². The van der Waals surface area contributed by atoms with Gasteiger partial charge in [0.25, 0.3) is 0 Å². The predicted molar refractivity (Wildman–Crippen MR) is 77.3 cm³/mol. The average molecular weight is 320 g/mol. The monoisotopic (exact) mass is 320 g/mol. The zero-order chi connectivity index (χ0) is 16.8. The van der Waals surface area contributed by atoms with E-state index in [0.29, 0.717) is 5.71 Å². The van der Waals surface area contributed by atoms with Crippen molar-refractivity contribution in [2.75, 3.05) is 40.6 Å². The quantitative estimate of drug-likeness (QED) is 0.126. The van der Waals surface area contributed by atoms with E-state index >= 15 is 0 Å². The Morgan fingerprint density at radius 3 is 1.57 bits per heavy atom. The predicted octanol–water partition coefficient (Wildman–Crippen LogP) is -3.15. The van der Waals surface area contributed by atoms with Crippen LogP contribution in [0, 0.1) is 0 Å². The van der Waals surface area contributed by atoms with Gasteiger partial charge in [0, 0.05) is 7.11 Å². The van der Waals surface area contributed by atoms with Gasteiger partial charge in [0.1, 0.15) is 6.61 Å². The zero-order valence-electron chi connectivity index (χ0n) is 14.3. The molecule has 0 aromatic rings. The fourth-order valence-corrected chi connectivity index (χ4v) is 0.216. The number of oxime groups is 2. The summed E-state index contributed by atoms with van der Waals surface area (Å²) in [6.07, 6.45) is 0. The number of epoxide rings is 1. The van der Waals surface area contributed by atoms with Crippen LogP contribution in [0.2, 0.25) is 0 Å². The molecule has 0 aromatic carbocycles. The summed E-state index contributed by atoms with van der Waals surface area (Å²) < 4.78 is 4.50. The third-order valence-electron chi connectivity index (χ3n) is 0.834. The van der Waals surface area contributed by atoms with Crippen molar-refractivity contribution in [3.63, 3.8) is 0 Å². The molecule has 0 atom stereocenters. The van der Waals surface area contributed by atoms with Crippen LogP contribution in [0.25, 0.3) is 0 Å². The maximum atomic E-state index is 8.25. The van der Waals surface area contributed by atoms with Crippen molar-refractivity contribution in [3.05, 3.63) is 0 Å². The van der Waals surface area contributed by atoms with E-state index in [4.69, 9.17) is 20.5 Å². The summed E-state index contributed by atoms with van der Waals surface area (Å²) >= 11 is 0. The number of hydrogen-bond acceptors (Lipinski definition) is 8. The van der Waals surface area contributed by atoms with Crippen LogP contribution in [0.4, 0.5) is 0 Å². The first kappa shape index (κ1) is 32.7. The van der Waals surface area contributed by atoms with E-state index in [0.717, 1.165) is 33.1 Å². The number of aliphatic hydroxyl groups excluding tert-OH is 2. The second-order valence-corrected chi connectivity index (χ2v) is 3.25. The summed E-state index contributed by atoms with van der Waals surface area (Å²) in [6, 6.07) is 0. The molecule has 0 saturated carbocycles. The summed E-state index contributed by atoms with van der Waals surface area (Å²) in [7, 11) is 1.75. The molecule has 1 aliphatic rings. The van der Waals surface area contributed by atoms with Crippen molar-refractivity contribution >= 4 is 11.4 Å². The minimum atomic E-state index is 0. The zero-order valence-corrected chi connectivity index (χ0v) is 16.3. The van der Waals surface area contributed by atoms with Crippen molar-refractivity contribution in [1.82, 2.24) is 0 Å². The molecule has 1 fully saturated rings. The van der Waals surface area contributed by atoms with Crippen LogP contribution in [-0.2, 0) is 9.57 Å². The summed E-state index contributed by atoms with van der Waals surface area (Å²) in [6.45, 7) is 9.41. The molecule has 0 aliphatic carbocycles. The minimum Gasteiger partial charge on any atom is -0.857 e. The first-order chi connectivity index (χ1) is 9.54. The molecule has 21 heavy (non-hydrogen) atoms.